The molecule has 0 saturated carbocycles. The Morgan fingerprint density at radius 3 is 2.47 bits per heavy atom. The maximum atomic E-state index is 13.5. The van der Waals surface area contributed by atoms with Crippen molar-refractivity contribution in [3.63, 3.8) is 0 Å². The van der Waals surface area contributed by atoms with E-state index < -0.39 is 29.2 Å². The summed E-state index contributed by atoms with van der Waals surface area (Å²) in [5.41, 5.74) is -1.12. The third-order valence-electron chi connectivity index (χ3n) is 6.33. The number of hydrogen-bond donors (Lipinski definition) is 2. The maximum absolute atomic E-state index is 13.5. The van der Waals surface area contributed by atoms with Gasteiger partial charge in [0.1, 0.15) is 5.75 Å². The molecule has 1 saturated heterocycles. The number of fused-ring (bicyclic) bond motifs is 1. The van der Waals surface area contributed by atoms with Crippen molar-refractivity contribution in [2.45, 2.75) is 18.3 Å². The molecular weight excluding hydrogens is 477 g/mol. The molecule has 0 radical (unpaired) electrons. The molecule has 1 atom stereocenters. The van der Waals surface area contributed by atoms with Crippen LogP contribution in [0.15, 0.2) is 60.8 Å². The Morgan fingerprint density at radius 1 is 1.08 bits per heavy atom. The largest absolute Gasteiger partial charge is 0.497 e. The van der Waals surface area contributed by atoms with Gasteiger partial charge >= 0.3 is 12.2 Å². The van der Waals surface area contributed by atoms with Gasteiger partial charge in [0, 0.05) is 23.9 Å². The number of hydrogen-bond acceptors (Lipinski definition) is 5. The van der Waals surface area contributed by atoms with Gasteiger partial charge in [0.15, 0.2) is 5.54 Å². The summed E-state index contributed by atoms with van der Waals surface area (Å²) in [6, 6.07) is 12.2. The van der Waals surface area contributed by atoms with Crippen LogP contribution < -0.4 is 15.4 Å². The van der Waals surface area contributed by atoms with Crippen LogP contribution in [0.4, 0.5) is 18.0 Å². The summed E-state index contributed by atoms with van der Waals surface area (Å²) in [6.07, 6.45) is -3.34. The molecular formula is C25H19F3N4O4. The lowest BCUT2D eigenvalue weighted by molar-refractivity contribution is -0.137. The predicted molar refractivity (Wildman–Crippen MR) is 121 cm³/mol. The van der Waals surface area contributed by atoms with E-state index in [0.29, 0.717) is 16.9 Å². The van der Waals surface area contributed by atoms with Crippen LogP contribution in [0.3, 0.4) is 0 Å². The average Bonchev–Trinajstić information content (AvgIpc) is 3.33. The highest BCUT2D eigenvalue weighted by atomic mass is 19.4. The molecule has 0 bridgehead atoms. The number of nitrogens with one attached hydrogen (secondary N) is 2. The van der Waals surface area contributed by atoms with Crippen LogP contribution in [0, 0.1) is 0 Å². The zero-order valence-corrected chi connectivity index (χ0v) is 18.8. The van der Waals surface area contributed by atoms with Gasteiger partial charge in [-0.15, -0.1) is 0 Å². The van der Waals surface area contributed by atoms with Crippen molar-refractivity contribution in [2.75, 3.05) is 13.7 Å². The number of imide groups is 1. The molecule has 184 valence electrons. The van der Waals surface area contributed by atoms with Crippen molar-refractivity contribution in [3.8, 4) is 17.0 Å². The number of rotatable bonds is 5. The zero-order chi connectivity index (χ0) is 25.7. The standard InChI is InChI=1S/C25H19F3N4O4/c1-36-17-9-6-15-12-32(21(33)18(15)11-17)13-24(22(34)30-23(35)31-24)16-7-4-14(5-8-16)20-19(25(26,27)28)3-2-10-29-20/h2-11H,12-13H2,1H3,(H2,30,31,34,35)/t24-/m0/s1. The van der Waals surface area contributed by atoms with Gasteiger partial charge in [0.05, 0.1) is 24.9 Å². The van der Waals surface area contributed by atoms with Gasteiger partial charge in [0.25, 0.3) is 11.8 Å². The van der Waals surface area contributed by atoms with Crippen molar-refractivity contribution in [1.82, 2.24) is 20.5 Å². The van der Waals surface area contributed by atoms with E-state index in [2.05, 4.69) is 15.6 Å². The summed E-state index contributed by atoms with van der Waals surface area (Å²) < 4.78 is 45.5. The van der Waals surface area contributed by atoms with Crippen molar-refractivity contribution < 1.29 is 32.3 Å². The van der Waals surface area contributed by atoms with Gasteiger partial charge in [-0.25, -0.2) is 4.79 Å². The Balaban J connectivity index is 1.49. The fraction of sp³-hybridized carbons (Fsp3) is 0.200. The summed E-state index contributed by atoms with van der Waals surface area (Å²) in [7, 11) is 1.48. The first-order valence-corrected chi connectivity index (χ1v) is 10.9. The third kappa shape index (κ3) is 3.82. The van der Waals surface area contributed by atoms with Crippen molar-refractivity contribution in [2.24, 2.45) is 0 Å². The molecule has 2 aromatic carbocycles. The topological polar surface area (TPSA) is 101 Å². The molecule has 5 rings (SSSR count). The van der Waals surface area contributed by atoms with E-state index in [1.54, 1.807) is 18.2 Å². The Hall–Kier alpha value is -4.41. The van der Waals surface area contributed by atoms with Crippen LogP contribution in [-0.2, 0) is 23.1 Å². The summed E-state index contributed by atoms with van der Waals surface area (Å²) >= 11 is 0. The van der Waals surface area contributed by atoms with E-state index in [4.69, 9.17) is 4.74 Å². The Labute approximate surface area is 203 Å². The Bertz CT molecular complexity index is 1390. The average molecular weight is 496 g/mol. The number of carbonyl (C=O) groups excluding carboxylic acids is 3. The van der Waals surface area contributed by atoms with Crippen LogP contribution in [0.25, 0.3) is 11.3 Å². The first kappa shape index (κ1) is 23.3. The minimum Gasteiger partial charge on any atom is -0.497 e. The van der Waals surface area contributed by atoms with Gasteiger partial charge in [-0.2, -0.15) is 13.2 Å². The van der Waals surface area contributed by atoms with E-state index >= 15 is 0 Å². The summed E-state index contributed by atoms with van der Waals surface area (Å²) in [5, 5.41) is 4.81. The zero-order valence-electron chi connectivity index (χ0n) is 18.8. The van der Waals surface area contributed by atoms with Crippen molar-refractivity contribution in [1.29, 1.82) is 0 Å². The van der Waals surface area contributed by atoms with E-state index in [1.165, 1.54) is 48.5 Å². The molecule has 0 aliphatic carbocycles. The van der Waals surface area contributed by atoms with Gasteiger partial charge in [-0.1, -0.05) is 30.3 Å². The molecule has 0 spiro atoms. The lowest BCUT2D eigenvalue weighted by atomic mass is 9.88. The number of aromatic nitrogens is 1. The van der Waals surface area contributed by atoms with Gasteiger partial charge in [0.2, 0.25) is 0 Å². The molecule has 3 aromatic rings. The van der Waals surface area contributed by atoms with Crippen LogP contribution in [-0.4, -0.2) is 41.4 Å². The summed E-state index contributed by atoms with van der Waals surface area (Å²) in [6.45, 7) is 0.0289. The number of nitrogens with zero attached hydrogens (tertiary/aromatic N) is 2. The molecule has 2 aliphatic rings. The SMILES string of the molecule is COc1ccc2c(c1)C(=O)N(C[C@@]1(c3ccc(-c4ncccc4C(F)(F)F)cc3)NC(=O)NC1=O)C2. The number of urea groups is 1. The quantitative estimate of drug-likeness (QED) is 0.527. The first-order valence-electron chi connectivity index (χ1n) is 10.9. The minimum atomic E-state index is -4.60. The number of halogens is 3. The van der Waals surface area contributed by atoms with E-state index in [0.717, 1.165) is 11.6 Å². The smallest absolute Gasteiger partial charge is 0.418 e. The van der Waals surface area contributed by atoms with Crippen LogP contribution in [0.5, 0.6) is 5.75 Å². The minimum absolute atomic E-state index is 0.183. The highest BCUT2D eigenvalue weighted by Crippen LogP contribution is 2.37. The lowest BCUT2D eigenvalue weighted by Crippen LogP contribution is -2.52. The second kappa shape index (κ2) is 8.36. The molecule has 11 heteroatoms. The predicted octanol–water partition coefficient (Wildman–Crippen LogP) is 3.47. The Morgan fingerprint density at radius 2 is 1.83 bits per heavy atom. The van der Waals surface area contributed by atoms with Crippen LogP contribution in [0.2, 0.25) is 0 Å². The first-order chi connectivity index (χ1) is 17.1. The lowest BCUT2D eigenvalue weighted by Gasteiger charge is -2.31. The third-order valence-corrected chi connectivity index (χ3v) is 6.33. The highest BCUT2D eigenvalue weighted by Gasteiger charge is 2.50. The summed E-state index contributed by atoms with van der Waals surface area (Å²) in [5.74, 6) is -0.499. The number of ether oxygens (including phenoxy) is 1. The number of benzene rings is 2. The number of pyridine rings is 1. The number of methoxy groups -OCH3 is 1. The molecule has 0 unspecified atom stereocenters. The fourth-order valence-corrected chi connectivity index (χ4v) is 4.56. The second-order valence-electron chi connectivity index (χ2n) is 8.47. The van der Waals surface area contributed by atoms with Crippen LogP contribution in [0.1, 0.15) is 27.0 Å². The van der Waals surface area contributed by atoms with Gasteiger partial charge < -0.3 is 15.0 Å². The second-order valence-corrected chi connectivity index (χ2v) is 8.47. The Kier molecular flexibility index (Phi) is 5.42. The monoisotopic (exact) mass is 496 g/mol. The maximum Gasteiger partial charge on any atom is 0.418 e. The molecule has 4 amide bonds. The molecule has 36 heavy (non-hydrogen) atoms. The van der Waals surface area contributed by atoms with Crippen molar-refractivity contribution >= 4 is 17.8 Å². The molecule has 3 heterocycles. The van der Waals surface area contributed by atoms with Crippen LogP contribution >= 0.6 is 0 Å². The van der Waals surface area contributed by atoms with Crippen molar-refractivity contribution in [3.05, 3.63) is 83.0 Å². The normalized spacial score (nSPS) is 19.2. The molecule has 1 aromatic heterocycles. The summed E-state index contributed by atoms with van der Waals surface area (Å²) in [4.78, 5) is 43.6. The number of carbonyl (C=O) groups is 3. The molecule has 1 fully saturated rings. The molecule has 2 N–H and O–H groups in total. The van der Waals surface area contributed by atoms with E-state index in [-0.39, 0.29) is 30.3 Å². The van der Waals surface area contributed by atoms with Gasteiger partial charge in [-0.05, 0) is 35.4 Å². The number of amides is 4. The molecule has 2 aliphatic heterocycles. The molecule has 8 nitrogen and oxygen atoms in total. The highest BCUT2D eigenvalue weighted by molar-refractivity contribution is 6.08. The van der Waals surface area contributed by atoms with E-state index in [9.17, 15) is 27.6 Å². The van der Waals surface area contributed by atoms with E-state index in [1.807, 2.05) is 0 Å². The fourth-order valence-electron chi connectivity index (χ4n) is 4.56. The van der Waals surface area contributed by atoms with Gasteiger partial charge in [-0.3, -0.25) is 19.9 Å². The number of alkyl halides is 3.